The lowest BCUT2D eigenvalue weighted by Crippen LogP contribution is -2.41. The number of rotatable bonds is 8. The Morgan fingerprint density at radius 2 is 1.83 bits per heavy atom. The van der Waals surface area contributed by atoms with E-state index in [0.717, 1.165) is 19.3 Å². The van der Waals surface area contributed by atoms with Crippen molar-refractivity contribution in [3.8, 4) is 5.75 Å². The monoisotopic (exact) mass is 504 g/mol. The van der Waals surface area contributed by atoms with Crippen molar-refractivity contribution in [2.75, 3.05) is 26.8 Å². The molecule has 1 amide bonds. The van der Waals surface area contributed by atoms with Crippen molar-refractivity contribution >= 4 is 29.4 Å². The highest BCUT2D eigenvalue weighted by atomic mass is 35.5. The van der Waals surface area contributed by atoms with Gasteiger partial charge in [0, 0.05) is 35.9 Å². The zero-order chi connectivity index (χ0) is 25.6. The molecule has 35 heavy (non-hydrogen) atoms. The van der Waals surface area contributed by atoms with Crippen LogP contribution in [0.1, 0.15) is 60.9 Å². The van der Waals surface area contributed by atoms with Gasteiger partial charge in [0.2, 0.25) is 0 Å². The van der Waals surface area contributed by atoms with Crippen molar-refractivity contribution in [2.45, 2.75) is 52.2 Å². The van der Waals surface area contributed by atoms with Gasteiger partial charge in [-0.3, -0.25) is 4.79 Å². The largest absolute Gasteiger partial charge is 0.492 e. The van der Waals surface area contributed by atoms with Crippen LogP contribution in [0.25, 0.3) is 0 Å². The molecule has 0 bridgehead atoms. The van der Waals surface area contributed by atoms with Gasteiger partial charge >= 0.3 is 12.1 Å². The molecule has 3 rings (SSSR count). The summed E-state index contributed by atoms with van der Waals surface area (Å²) >= 11 is 5.99. The Hall–Kier alpha value is -3.00. The minimum absolute atomic E-state index is 0.0444. The zero-order valence-corrected chi connectivity index (χ0v) is 21.5. The van der Waals surface area contributed by atoms with Crippen LogP contribution in [0.5, 0.6) is 5.75 Å². The number of carbonyl (C=O) groups excluding carboxylic acids is 3. The maximum Gasteiger partial charge on any atom is 0.410 e. The van der Waals surface area contributed by atoms with Crippen molar-refractivity contribution in [3.63, 3.8) is 0 Å². The molecule has 1 aromatic carbocycles. The molecular formula is C26H33ClN2O6. The predicted molar refractivity (Wildman–Crippen MR) is 132 cm³/mol. The molecule has 0 N–H and O–H groups in total. The van der Waals surface area contributed by atoms with Gasteiger partial charge in [-0.25, -0.2) is 9.59 Å². The number of halogens is 1. The molecule has 0 radical (unpaired) electrons. The van der Waals surface area contributed by atoms with Gasteiger partial charge < -0.3 is 23.7 Å². The predicted octanol–water partition coefficient (Wildman–Crippen LogP) is 5.23. The third-order valence-corrected chi connectivity index (χ3v) is 6.02. The summed E-state index contributed by atoms with van der Waals surface area (Å²) in [5.74, 6) is 0.195. The molecule has 2 heterocycles. The average Bonchev–Trinajstić information content (AvgIpc) is 3.20. The molecule has 8 nitrogen and oxygen atoms in total. The normalized spacial score (nSPS) is 14.5. The molecule has 1 aliphatic heterocycles. The fourth-order valence-corrected chi connectivity index (χ4v) is 4.14. The zero-order valence-electron chi connectivity index (χ0n) is 20.7. The Morgan fingerprint density at radius 3 is 2.46 bits per heavy atom. The summed E-state index contributed by atoms with van der Waals surface area (Å²) in [7, 11) is 1.29. The lowest BCUT2D eigenvalue weighted by atomic mass is 9.94. The quantitative estimate of drug-likeness (QED) is 0.361. The minimum atomic E-state index is -0.548. The summed E-state index contributed by atoms with van der Waals surface area (Å²) in [5.41, 5.74) is 0.200. The fraction of sp³-hybridized carbons (Fsp3) is 0.500. The molecule has 0 saturated carbocycles. The second-order valence-electron chi connectivity index (χ2n) is 9.66. The summed E-state index contributed by atoms with van der Waals surface area (Å²) in [6, 6.07) is 8.26. The van der Waals surface area contributed by atoms with Crippen LogP contribution in [0.2, 0.25) is 5.02 Å². The molecule has 0 atom stereocenters. The van der Waals surface area contributed by atoms with E-state index in [9.17, 15) is 14.4 Å². The van der Waals surface area contributed by atoms with Crippen molar-refractivity contribution in [1.29, 1.82) is 0 Å². The number of likely N-dealkylation sites (tertiary alicyclic amines) is 1. The fourth-order valence-electron chi connectivity index (χ4n) is 3.95. The number of carbonyl (C=O) groups is 3. The Balaban J connectivity index is 1.53. The van der Waals surface area contributed by atoms with Crippen LogP contribution in [0.15, 0.2) is 36.5 Å². The number of ketones is 1. The summed E-state index contributed by atoms with van der Waals surface area (Å²) in [5, 5.41) is 0.470. The molecule has 9 heteroatoms. The van der Waals surface area contributed by atoms with Crippen LogP contribution in [-0.2, 0) is 16.0 Å². The van der Waals surface area contributed by atoms with Crippen LogP contribution >= 0.6 is 11.6 Å². The number of piperidine rings is 1. The van der Waals surface area contributed by atoms with Crippen molar-refractivity contribution in [1.82, 2.24) is 9.47 Å². The third-order valence-electron chi connectivity index (χ3n) is 5.79. The number of amides is 1. The molecule has 0 spiro atoms. The van der Waals surface area contributed by atoms with Crippen molar-refractivity contribution in [2.24, 2.45) is 5.92 Å². The van der Waals surface area contributed by atoms with E-state index in [0.29, 0.717) is 41.9 Å². The number of esters is 1. The van der Waals surface area contributed by atoms with E-state index in [1.54, 1.807) is 41.4 Å². The van der Waals surface area contributed by atoms with Gasteiger partial charge in [-0.15, -0.1) is 0 Å². The number of ether oxygens (including phenoxy) is 3. The van der Waals surface area contributed by atoms with E-state index in [1.165, 1.54) is 11.7 Å². The Labute approximate surface area is 211 Å². The molecule has 0 aliphatic carbocycles. The van der Waals surface area contributed by atoms with E-state index in [1.807, 2.05) is 20.8 Å². The van der Waals surface area contributed by atoms with E-state index in [4.69, 9.17) is 25.8 Å². The van der Waals surface area contributed by atoms with Crippen LogP contribution < -0.4 is 4.74 Å². The first kappa shape index (κ1) is 26.6. The first-order valence-electron chi connectivity index (χ1n) is 11.7. The van der Waals surface area contributed by atoms with Gasteiger partial charge in [-0.2, -0.15) is 0 Å². The van der Waals surface area contributed by atoms with Crippen molar-refractivity contribution < 1.29 is 28.6 Å². The van der Waals surface area contributed by atoms with E-state index >= 15 is 0 Å². The summed E-state index contributed by atoms with van der Waals surface area (Å²) in [4.78, 5) is 38.9. The van der Waals surface area contributed by atoms with E-state index in [-0.39, 0.29) is 24.1 Å². The van der Waals surface area contributed by atoms with Gasteiger partial charge in [0.15, 0.2) is 5.78 Å². The van der Waals surface area contributed by atoms with Gasteiger partial charge in [-0.1, -0.05) is 23.7 Å². The van der Waals surface area contributed by atoms with E-state index < -0.39 is 11.6 Å². The summed E-state index contributed by atoms with van der Waals surface area (Å²) < 4.78 is 17.7. The molecule has 1 fully saturated rings. The Morgan fingerprint density at radius 1 is 1.11 bits per heavy atom. The lowest BCUT2D eigenvalue weighted by Gasteiger charge is -2.33. The smallest absolute Gasteiger partial charge is 0.410 e. The van der Waals surface area contributed by atoms with Crippen molar-refractivity contribution in [3.05, 3.63) is 52.8 Å². The second kappa shape index (κ2) is 11.6. The van der Waals surface area contributed by atoms with E-state index in [2.05, 4.69) is 0 Å². The van der Waals surface area contributed by atoms with Gasteiger partial charge in [0.25, 0.3) is 0 Å². The molecule has 190 valence electrons. The highest BCUT2D eigenvalue weighted by Gasteiger charge is 2.27. The van der Waals surface area contributed by atoms with Crippen LogP contribution in [0, 0.1) is 5.92 Å². The molecule has 1 aromatic heterocycles. The van der Waals surface area contributed by atoms with Gasteiger partial charge in [0.05, 0.1) is 20.3 Å². The molecule has 1 aliphatic rings. The Kier molecular flexibility index (Phi) is 8.83. The van der Waals surface area contributed by atoms with Gasteiger partial charge in [-0.05, 0) is 58.1 Å². The number of Topliss-reactive ketones (excluding diaryl/α,β-unsaturated/α-hetero) is 1. The number of benzene rings is 1. The Bertz CT molecular complexity index is 1050. The number of nitrogens with zero attached hydrogens (tertiary/aromatic N) is 2. The molecule has 0 unspecified atom stereocenters. The second-order valence-corrected chi connectivity index (χ2v) is 10.1. The SMILES string of the molecule is COC(=O)c1cc(OCCC2CCN(C(=O)OC(C)(C)C)CC2)cn1CC(=O)c1cccc(Cl)c1. The number of hydrogen-bond donors (Lipinski definition) is 0. The molecule has 1 saturated heterocycles. The molecular weight excluding hydrogens is 472 g/mol. The number of aromatic nitrogens is 1. The first-order valence-corrected chi connectivity index (χ1v) is 12.1. The minimum Gasteiger partial charge on any atom is -0.492 e. The van der Waals surface area contributed by atoms with Crippen LogP contribution in [-0.4, -0.2) is 59.7 Å². The van der Waals surface area contributed by atoms with Crippen LogP contribution in [0.4, 0.5) is 4.79 Å². The summed E-state index contributed by atoms with van der Waals surface area (Å²) in [6.45, 7) is 7.33. The first-order chi connectivity index (χ1) is 16.6. The lowest BCUT2D eigenvalue weighted by molar-refractivity contribution is 0.0177. The third kappa shape index (κ3) is 7.75. The molecule has 2 aromatic rings. The highest BCUT2D eigenvalue weighted by molar-refractivity contribution is 6.31. The number of methoxy groups -OCH3 is 1. The van der Waals surface area contributed by atoms with Gasteiger partial charge in [0.1, 0.15) is 17.0 Å². The number of hydrogen-bond acceptors (Lipinski definition) is 6. The maximum atomic E-state index is 12.7. The topological polar surface area (TPSA) is 87.1 Å². The standard InChI is InChI=1S/C26H33ClN2O6/c1-26(2,3)35-25(32)28-11-8-18(9-12-28)10-13-34-21-15-22(24(31)33-4)29(16-21)17-23(30)19-6-5-7-20(27)14-19/h5-7,14-16,18H,8-13,17H2,1-4H3. The average molecular weight is 505 g/mol. The highest BCUT2D eigenvalue weighted by Crippen LogP contribution is 2.24. The maximum absolute atomic E-state index is 12.7. The summed E-state index contributed by atoms with van der Waals surface area (Å²) in [6.07, 6.45) is 3.95. The van der Waals surface area contributed by atoms with Crippen LogP contribution in [0.3, 0.4) is 0 Å².